The Bertz CT molecular complexity index is 727. The average molecular weight is 355 g/mol. The zero-order chi connectivity index (χ0) is 18.2. The number of hydrogen-bond acceptors (Lipinski definition) is 4. The number of fused-ring (bicyclic) bond motifs is 1. The van der Waals surface area contributed by atoms with Crippen LogP contribution in [0.4, 0.5) is 0 Å². The summed E-state index contributed by atoms with van der Waals surface area (Å²) in [4.78, 5) is 12.0. The Labute approximate surface area is 154 Å². The van der Waals surface area contributed by atoms with Crippen LogP contribution in [0.15, 0.2) is 42.5 Å². The summed E-state index contributed by atoms with van der Waals surface area (Å²) < 4.78 is 16.3. The fraction of sp³-hybridized carbons (Fsp3) is 0.381. The highest BCUT2D eigenvalue weighted by atomic mass is 16.7. The molecule has 5 heteroatoms. The Morgan fingerprint density at radius 2 is 1.81 bits per heavy atom. The van der Waals surface area contributed by atoms with Crippen molar-refractivity contribution >= 4 is 5.91 Å². The Morgan fingerprint density at radius 1 is 1.04 bits per heavy atom. The van der Waals surface area contributed by atoms with E-state index in [9.17, 15) is 4.79 Å². The molecule has 0 unspecified atom stereocenters. The molecule has 0 bridgehead atoms. The first kappa shape index (κ1) is 18.1. The molecule has 0 aliphatic carbocycles. The summed E-state index contributed by atoms with van der Waals surface area (Å²) in [7, 11) is 0. The fourth-order valence-electron chi connectivity index (χ4n) is 2.84. The second-order valence-electron chi connectivity index (χ2n) is 6.28. The van der Waals surface area contributed by atoms with Gasteiger partial charge in [0.2, 0.25) is 12.7 Å². The van der Waals surface area contributed by atoms with Gasteiger partial charge in [-0.05, 0) is 48.2 Å². The largest absolute Gasteiger partial charge is 0.492 e. The topological polar surface area (TPSA) is 56.8 Å². The smallest absolute Gasteiger partial charge is 0.231 e. The van der Waals surface area contributed by atoms with E-state index in [-0.39, 0.29) is 12.7 Å². The zero-order valence-electron chi connectivity index (χ0n) is 15.1. The molecule has 2 aromatic rings. The van der Waals surface area contributed by atoms with Crippen molar-refractivity contribution in [2.75, 3.05) is 19.9 Å². The third kappa shape index (κ3) is 5.15. The van der Waals surface area contributed by atoms with E-state index < -0.39 is 0 Å². The van der Waals surface area contributed by atoms with Crippen molar-refractivity contribution in [1.29, 1.82) is 0 Å². The maximum absolute atomic E-state index is 12.0. The molecule has 1 heterocycles. The van der Waals surface area contributed by atoms with Gasteiger partial charge in [0, 0.05) is 6.42 Å². The van der Waals surface area contributed by atoms with Crippen LogP contribution in [-0.2, 0) is 17.6 Å². The maximum atomic E-state index is 12.0. The van der Waals surface area contributed by atoms with Gasteiger partial charge in [-0.25, -0.2) is 0 Å². The molecule has 0 saturated heterocycles. The predicted octanol–water partition coefficient (Wildman–Crippen LogP) is 3.50. The lowest BCUT2D eigenvalue weighted by molar-refractivity contribution is -0.121. The highest BCUT2D eigenvalue weighted by Gasteiger charge is 2.13. The molecule has 0 aromatic heterocycles. The monoisotopic (exact) mass is 355 g/mol. The van der Waals surface area contributed by atoms with Gasteiger partial charge >= 0.3 is 0 Å². The minimum absolute atomic E-state index is 0.0181. The van der Waals surface area contributed by atoms with E-state index in [1.807, 2.05) is 30.3 Å². The molecule has 1 N–H and O–H groups in total. The molecule has 26 heavy (non-hydrogen) atoms. The van der Waals surface area contributed by atoms with Crippen molar-refractivity contribution in [3.8, 4) is 17.2 Å². The Morgan fingerprint density at radius 3 is 2.62 bits per heavy atom. The van der Waals surface area contributed by atoms with Crippen molar-refractivity contribution in [3.63, 3.8) is 0 Å². The number of carbonyl (C=O) groups excluding carboxylic acids is 1. The number of amides is 1. The molecule has 1 aliphatic heterocycles. The van der Waals surface area contributed by atoms with Gasteiger partial charge in [-0.15, -0.1) is 0 Å². The van der Waals surface area contributed by atoms with Gasteiger partial charge in [0.25, 0.3) is 0 Å². The van der Waals surface area contributed by atoms with Gasteiger partial charge in [-0.1, -0.05) is 31.5 Å². The first-order valence-electron chi connectivity index (χ1n) is 9.11. The summed E-state index contributed by atoms with van der Waals surface area (Å²) in [5.41, 5.74) is 2.38. The summed E-state index contributed by atoms with van der Waals surface area (Å²) in [6.45, 7) is 3.39. The van der Waals surface area contributed by atoms with Gasteiger partial charge in [0.15, 0.2) is 11.5 Å². The number of benzene rings is 2. The van der Waals surface area contributed by atoms with E-state index in [0.29, 0.717) is 26.0 Å². The van der Waals surface area contributed by atoms with E-state index in [2.05, 4.69) is 24.4 Å². The first-order valence-corrected chi connectivity index (χ1v) is 9.11. The number of nitrogens with one attached hydrogen (secondary N) is 1. The average Bonchev–Trinajstić information content (AvgIpc) is 3.13. The van der Waals surface area contributed by atoms with Crippen LogP contribution in [0, 0.1) is 0 Å². The highest BCUT2D eigenvalue weighted by Crippen LogP contribution is 2.32. The molecule has 0 spiro atoms. The quantitative estimate of drug-likeness (QED) is 0.700. The van der Waals surface area contributed by atoms with Crippen molar-refractivity contribution in [2.45, 2.75) is 32.6 Å². The van der Waals surface area contributed by atoms with Crippen molar-refractivity contribution in [1.82, 2.24) is 5.32 Å². The lowest BCUT2D eigenvalue weighted by atomic mass is 10.1. The van der Waals surface area contributed by atoms with Gasteiger partial charge in [-0.3, -0.25) is 4.79 Å². The standard InChI is InChI=1S/C21H25NO4/c1-2-3-16-4-8-18(9-5-16)24-13-12-22-21(23)11-7-17-6-10-19-20(14-17)26-15-25-19/h4-6,8-10,14H,2-3,7,11-13,15H2,1H3,(H,22,23). The molecule has 0 fully saturated rings. The number of rotatable bonds is 9. The van der Waals surface area contributed by atoms with Crippen molar-refractivity contribution in [2.24, 2.45) is 0 Å². The van der Waals surface area contributed by atoms with Crippen LogP contribution in [-0.4, -0.2) is 25.9 Å². The fourth-order valence-corrected chi connectivity index (χ4v) is 2.84. The maximum Gasteiger partial charge on any atom is 0.231 e. The molecule has 138 valence electrons. The van der Waals surface area contributed by atoms with E-state index in [4.69, 9.17) is 14.2 Å². The number of hydrogen-bond donors (Lipinski definition) is 1. The van der Waals surface area contributed by atoms with E-state index in [1.165, 1.54) is 5.56 Å². The van der Waals surface area contributed by atoms with Gasteiger partial charge in [0.1, 0.15) is 12.4 Å². The number of aryl methyl sites for hydroxylation is 2. The van der Waals surface area contributed by atoms with Gasteiger partial charge < -0.3 is 19.5 Å². The normalized spacial score (nSPS) is 12.0. The molecule has 1 amide bonds. The number of ether oxygens (including phenoxy) is 3. The Hall–Kier alpha value is -2.69. The summed E-state index contributed by atoms with van der Waals surface area (Å²) in [6.07, 6.45) is 3.33. The Kier molecular flexibility index (Phi) is 6.36. The lowest BCUT2D eigenvalue weighted by Crippen LogP contribution is -2.28. The SMILES string of the molecule is CCCc1ccc(OCCNC(=O)CCc2ccc3c(c2)OCO3)cc1. The van der Waals surface area contributed by atoms with E-state index >= 15 is 0 Å². The summed E-state index contributed by atoms with van der Waals surface area (Å²) in [5, 5.41) is 2.89. The van der Waals surface area contributed by atoms with Crippen molar-refractivity contribution < 1.29 is 19.0 Å². The van der Waals surface area contributed by atoms with Crippen LogP contribution >= 0.6 is 0 Å². The summed E-state index contributed by atoms with van der Waals surface area (Å²) >= 11 is 0. The van der Waals surface area contributed by atoms with Crippen LogP contribution in [0.3, 0.4) is 0 Å². The molecule has 3 rings (SSSR count). The third-order valence-electron chi connectivity index (χ3n) is 4.23. The zero-order valence-corrected chi connectivity index (χ0v) is 15.1. The number of carbonyl (C=O) groups is 1. The van der Waals surface area contributed by atoms with Crippen LogP contribution in [0.2, 0.25) is 0 Å². The van der Waals surface area contributed by atoms with Gasteiger partial charge in [0.05, 0.1) is 6.54 Å². The predicted molar refractivity (Wildman–Crippen MR) is 99.8 cm³/mol. The minimum Gasteiger partial charge on any atom is -0.492 e. The van der Waals surface area contributed by atoms with Crippen LogP contribution < -0.4 is 19.5 Å². The molecule has 0 saturated carbocycles. The molecule has 2 aromatic carbocycles. The molecule has 1 aliphatic rings. The molecule has 0 atom stereocenters. The first-order chi connectivity index (χ1) is 12.7. The van der Waals surface area contributed by atoms with E-state index in [0.717, 1.165) is 35.7 Å². The molecular formula is C21H25NO4. The van der Waals surface area contributed by atoms with Crippen LogP contribution in [0.1, 0.15) is 30.9 Å². The Balaban J connectivity index is 1.33. The molecule has 5 nitrogen and oxygen atoms in total. The van der Waals surface area contributed by atoms with Crippen LogP contribution in [0.25, 0.3) is 0 Å². The second kappa shape index (κ2) is 9.13. The lowest BCUT2D eigenvalue weighted by Gasteiger charge is -2.09. The second-order valence-corrected chi connectivity index (χ2v) is 6.28. The summed E-state index contributed by atoms with van der Waals surface area (Å²) in [6, 6.07) is 13.9. The van der Waals surface area contributed by atoms with Gasteiger partial charge in [-0.2, -0.15) is 0 Å². The molecule has 0 radical (unpaired) electrons. The third-order valence-corrected chi connectivity index (χ3v) is 4.23. The minimum atomic E-state index is 0.0181. The molecular weight excluding hydrogens is 330 g/mol. The summed E-state index contributed by atoms with van der Waals surface area (Å²) in [5.74, 6) is 2.36. The van der Waals surface area contributed by atoms with Crippen molar-refractivity contribution in [3.05, 3.63) is 53.6 Å². The van der Waals surface area contributed by atoms with Crippen LogP contribution in [0.5, 0.6) is 17.2 Å². The highest BCUT2D eigenvalue weighted by molar-refractivity contribution is 5.76. The van der Waals surface area contributed by atoms with E-state index in [1.54, 1.807) is 0 Å².